The van der Waals surface area contributed by atoms with Crippen LogP contribution in [-0.4, -0.2) is 11.5 Å². The molecule has 10 rings (SSSR count). The molecule has 2 heterocycles. The van der Waals surface area contributed by atoms with Crippen LogP contribution in [0.25, 0.3) is 38.9 Å². The maximum absolute atomic E-state index is 5.32. The van der Waals surface area contributed by atoms with Gasteiger partial charge in [0.15, 0.2) is 0 Å². The highest BCUT2D eigenvalue weighted by Gasteiger charge is 2.27. The molecule has 0 spiro atoms. The van der Waals surface area contributed by atoms with Crippen LogP contribution in [0.1, 0.15) is 76.7 Å². The van der Waals surface area contributed by atoms with Crippen molar-refractivity contribution in [1.29, 1.82) is 0 Å². The molecular weight excluding hydrogens is 637 g/mol. The molecule has 0 bridgehead atoms. The lowest BCUT2D eigenvalue weighted by Crippen LogP contribution is -2.24. The van der Waals surface area contributed by atoms with Gasteiger partial charge in [-0.15, -0.1) is 11.8 Å². The lowest BCUT2D eigenvalue weighted by atomic mass is 9.76. The third-order valence-corrected chi connectivity index (χ3v) is 12.2. The molecule has 3 heteroatoms. The third kappa shape index (κ3) is 5.39. The summed E-state index contributed by atoms with van der Waals surface area (Å²) < 4.78 is 0. The quantitative estimate of drug-likeness (QED) is 0.188. The summed E-state index contributed by atoms with van der Waals surface area (Å²) in [4.78, 5) is 6.74. The van der Waals surface area contributed by atoms with E-state index in [1.807, 2.05) is 11.8 Å². The molecule has 0 saturated carbocycles. The molecule has 0 aromatic heterocycles. The second-order valence-electron chi connectivity index (χ2n) is 14.1. The van der Waals surface area contributed by atoms with E-state index in [2.05, 4.69) is 157 Å². The molecule has 246 valence electrons. The van der Waals surface area contributed by atoms with Crippen molar-refractivity contribution in [3.05, 3.63) is 190 Å². The van der Waals surface area contributed by atoms with E-state index in [9.17, 15) is 0 Å². The van der Waals surface area contributed by atoms with Crippen molar-refractivity contribution in [3.63, 3.8) is 0 Å². The summed E-state index contributed by atoms with van der Waals surface area (Å²) in [5, 5.41) is 8.96. The van der Waals surface area contributed by atoms with E-state index in [4.69, 9.17) is 4.99 Å². The Morgan fingerprint density at radius 1 is 0.667 bits per heavy atom. The van der Waals surface area contributed by atoms with Gasteiger partial charge in [-0.05, 0) is 110 Å². The van der Waals surface area contributed by atoms with Crippen molar-refractivity contribution in [2.45, 2.75) is 42.7 Å². The van der Waals surface area contributed by atoms with E-state index in [0.717, 1.165) is 40.3 Å². The van der Waals surface area contributed by atoms with Gasteiger partial charge in [0.2, 0.25) is 0 Å². The van der Waals surface area contributed by atoms with Crippen molar-refractivity contribution in [2.75, 3.05) is 5.75 Å². The molecule has 2 aliphatic carbocycles. The summed E-state index contributed by atoms with van der Waals surface area (Å²) in [6, 6.07) is 44.5. The topological polar surface area (TPSA) is 24.4 Å². The molecule has 1 N–H and O–H groups in total. The molecule has 4 aliphatic rings. The maximum Gasteiger partial charge on any atom is 0.145 e. The number of aliphatic imine (C=N–C) groups is 1. The molecule has 6 aromatic carbocycles. The first-order chi connectivity index (χ1) is 25.3. The van der Waals surface area contributed by atoms with Gasteiger partial charge in [0.25, 0.3) is 0 Å². The van der Waals surface area contributed by atoms with Crippen LogP contribution in [0.15, 0.2) is 161 Å². The smallest absolute Gasteiger partial charge is 0.145 e. The minimum Gasteiger partial charge on any atom is -0.360 e. The molecule has 0 fully saturated rings. The Hall–Kier alpha value is -5.38. The average molecular weight is 675 g/mol. The second kappa shape index (κ2) is 12.7. The van der Waals surface area contributed by atoms with Crippen molar-refractivity contribution in [2.24, 2.45) is 4.99 Å². The Morgan fingerprint density at radius 3 is 2.37 bits per heavy atom. The van der Waals surface area contributed by atoms with Gasteiger partial charge in [-0.2, -0.15) is 0 Å². The van der Waals surface area contributed by atoms with Gasteiger partial charge < -0.3 is 5.32 Å². The number of nitrogens with zero attached hydrogens (tertiary/aromatic N) is 1. The molecule has 0 saturated heterocycles. The number of rotatable bonds is 4. The highest BCUT2D eigenvalue weighted by atomic mass is 32.2. The Bertz CT molecular complexity index is 2500. The lowest BCUT2D eigenvalue weighted by molar-refractivity contribution is 0.664. The highest BCUT2D eigenvalue weighted by Crippen LogP contribution is 2.47. The van der Waals surface area contributed by atoms with Crippen LogP contribution in [0, 0.1) is 0 Å². The molecule has 2 unspecified atom stereocenters. The Labute approximate surface area is 304 Å². The Morgan fingerprint density at radius 2 is 1.49 bits per heavy atom. The number of nitrogens with one attached hydrogen (secondary N) is 1. The van der Waals surface area contributed by atoms with Crippen LogP contribution < -0.4 is 5.32 Å². The van der Waals surface area contributed by atoms with Crippen LogP contribution in [0.4, 0.5) is 0 Å². The van der Waals surface area contributed by atoms with Crippen LogP contribution >= 0.6 is 11.8 Å². The van der Waals surface area contributed by atoms with E-state index < -0.39 is 0 Å². The molecule has 0 amide bonds. The van der Waals surface area contributed by atoms with E-state index >= 15 is 0 Å². The van der Waals surface area contributed by atoms with Gasteiger partial charge in [-0.3, -0.25) is 4.99 Å². The minimum absolute atomic E-state index is 0.173. The normalized spacial score (nSPS) is 19.5. The number of hydrogen-bond acceptors (Lipinski definition) is 3. The van der Waals surface area contributed by atoms with E-state index in [1.54, 1.807) is 5.57 Å². The summed E-state index contributed by atoms with van der Waals surface area (Å²) >= 11 is 2.02. The fraction of sp³-hybridized carbons (Fsp3) is 0.146. The first-order valence-corrected chi connectivity index (χ1v) is 19.2. The number of hydrogen-bond donors (Lipinski definition) is 1. The zero-order chi connectivity index (χ0) is 33.7. The molecule has 2 atom stereocenters. The predicted molar refractivity (Wildman–Crippen MR) is 217 cm³/mol. The van der Waals surface area contributed by atoms with Crippen molar-refractivity contribution in [3.8, 4) is 0 Å². The fourth-order valence-electron chi connectivity index (χ4n) is 8.55. The van der Waals surface area contributed by atoms with E-state index in [0.29, 0.717) is 0 Å². The number of thioether (sulfide) groups is 1. The van der Waals surface area contributed by atoms with E-state index in [-0.39, 0.29) is 12.1 Å². The molecule has 6 aromatic rings. The first kappa shape index (κ1) is 30.4. The van der Waals surface area contributed by atoms with E-state index in [1.165, 1.54) is 73.5 Å². The van der Waals surface area contributed by atoms with Crippen LogP contribution in [0.3, 0.4) is 0 Å². The van der Waals surface area contributed by atoms with Crippen molar-refractivity contribution < 1.29 is 0 Å². The summed E-state index contributed by atoms with van der Waals surface area (Å²) in [5.41, 5.74) is 14.3. The predicted octanol–water partition coefficient (Wildman–Crippen LogP) is 12.3. The maximum atomic E-state index is 5.32. The van der Waals surface area contributed by atoms with Crippen LogP contribution in [0.5, 0.6) is 0 Å². The summed E-state index contributed by atoms with van der Waals surface area (Å²) in [5.74, 6) is 1.40. The monoisotopic (exact) mass is 674 g/mol. The summed E-state index contributed by atoms with van der Waals surface area (Å²) in [7, 11) is 0. The number of fused-ring (bicyclic) bond motifs is 8. The van der Waals surface area contributed by atoms with Gasteiger partial charge in [-0.25, -0.2) is 0 Å². The third-order valence-electron chi connectivity index (χ3n) is 11.1. The standard InChI is InChI=1S/C48H38N2S/c1-4-13-31(14-5-1)44-29-45(50-48(49-44)32-15-6-2-7-16-32)34-23-25-41-42(28-34)39-20-11-10-19-38(39)40-22-12-21-37(47(40)41)33-24-26-46-43(27-33)36-18-9-3-8-17-35(36)30-51-46/h1-2,4-7,9-16,18-20,22-29,37,48-49H,3,8,17,21,30H2. The summed E-state index contributed by atoms with van der Waals surface area (Å²) in [6.45, 7) is 0. The zero-order valence-corrected chi connectivity index (χ0v) is 29.3. The van der Waals surface area contributed by atoms with Gasteiger partial charge in [0.05, 0.1) is 5.71 Å². The number of allylic oxidation sites excluding steroid dienone is 5. The first-order valence-electron chi connectivity index (χ1n) is 18.3. The van der Waals surface area contributed by atoms with Gasteiger partial charge in [0.1, 0.15) is 6.17 Å². The Kier molecular flexibility index (Phi) is 7.61. The molecule has 2 nitrogen and oxygen atoms in total. The second-order valence-corrected chi connectivity index (χ2v) is 15.1. The van der Waals surface area contributed by atoms with Gasteiger partial charge in [0, 0.05) is 27.8 Å². The van der Waals surface area contributed by atoms with Gasteiger partial charge >= 0.3 is 0 Å². The molecule has 51 heavy (non-hydrogen) atoms. The average Bonchev–Trinajstić information content (AvgIpc) is 3.47. The van der Waals surface area contributed by atoms with Crippen molar-refractivity contribution in [1.82, 2.24) is 5.32 Å². The molecule has 2 aliphatic heterocycles. The highest BCUT2D eigenvalue weighted by molar-refractivity contribution is 7.99. The van der Waals surface area contributed by atoms with Crippen LogP contribution in [0.2, 0.25) is 0 Å². The van der Waals surface area contributed by atoms with Crippen LogP contribution in [-0.2, 0) is 0 Å². The Balaban J connectivity index is 1.14. The zero-order valence-electron chi connectivity index (χ0n) is 28.5. The SMILES string of the molecule is C1=CC2=C(CCC1)CSc1ccc(C3CC=Cc4c3c3ccc(C5=NC(c6ccccc6)NC(c6ccccc6)=C5)cc3c3ccccc43)cc12. The van der Waals surface area contributed by atoms with Crippen molar-refractivity contribution >= 4 is 56.4 Å². The number of benzene rings is 6. The molecular formula is C48H38N2S. The largest absolute Gasteiger partial charge is 0.360 e. The molecule has 0 radical (unpaired) electrons. The minimum atomic E-state index is -0.173. The fourth-order valence-corrected chi connectivity index (χ4v) is 9.67. The summed E-state index contributed by atoms with van der Waals surface area (Å²) in [6.07, 6.45) is 16.3. The van der Waals surface area contributed by atoms with Gasteiger partial charge in [-0.1, -0.05) is 133 Å². The lowest BCUT2D eigenvalue weighted by Gasteiger charge is -2.28.